The van der Waals surface area contributed by atoms with Gasteiger partial charge >= 0.3 is 0 Å². The van der Waals surface area contributed by atoms with Crippen LogP contribution in [0.5, 0.6) is 0 Å². The van der Waals surface area contributed by atoms with Crippen LogP contribution in [-0.4, -0.2) is 41.3 Å². The average Bonchev–Trinajstić information content (AvgIpc) is 2.23. The van der Waals surface area contributed by atoms with E-state index < -0.39 is 0 Å². The molecule has 0 N–H and O–H groups in total. The second-order valence-corrected chi connectivity index (χ2v) is 4.24. The number of amidine groups is 1. The first-order chi connectivity index (χ1) is 8.42. The van der Waals surface area contributed by atoms with Crippen molar-refractivity contribution in [3.05, 3.63) is 39.2 Å². The Labute approximate surface area is 107 Å². The minimum absolute atomic E-state index is 0.254. The molecule has 6 nitrogen and oxygen atoms in total. The fourth-order valence-corrected chi connectivity index (χ4v) is 1.86. The van der Waals surface area contributed by atoms with Crippen molar-refractivity contribution in [3.63, 3.8) is 0 Å². The number of hydrogen-bond donors (Lipinski definition) is 0. The van der Waals surface area contributed by atoms with Gasteiger partial charge in [0.2, 0.25) is 0 Å². The third-order valence-electron chi connectivity index (χ3n) is 2.53. The second kappa shape index (κ2) is 6.09. The topological polar surface area (TPSA) is 71.6 Å². The number of likely N-dealkylation sites (N-methyl/N-ethyl adjacent to an activating group) is 1. The summed E-state index contributed by atoms with van der Waals surface area (Å²) in [5, 5.41) is 10.5. The van der Waals surface area contributed by atoms with E-state index in [2.05, 4.69) is 9.98 Å². The zero-order chi connectivity index (χ0) is 13.7. The number of aromatic nitrogens is 1. The molecule has 6 heteroatoms. The molecule has 18 heavy (non-hydrogen) atoms. The summed E-state index contributed by atoms with van der Waals surface area (Å²) >= 11 is 0. The standard InChI is InChI=1S/C12H18N4O2/c1-9-5-11(6-10(2)14-9)7-15(4)12(13-3)8-16(17)18/h5-6H,7-8H2,1-4H3. The molecule has 0 aliphatic heterocycles. The lowest BCUT2D eigenvalue weighted by Gasteiger charge is -2.19. The average molecular weight is 250 g/mol. The molecule has 98 valence electrons. The zero-order valence-electron chi connectivity index (χ0n) is 11.2. The molecular formula is C12H18N4O2. The number of hydrogen-bond acceptors (Lipinski definition) is 4. The smallest absolute Gasteiger partial charge is 0.260 e. The third-order valence-corrected chi connectivity index (χ3v) is 2.53. The highest BCUT2D eigenvalue weighted by Crippen LogP contribution is 2.08. The lowest BCUT2D eigenvalue weighted by atomic mass is 10.2. The van der Waals surface area contributed by atoms with Crippen LogP contribution in [0.3, 0.4) is 0 Å². The quantitative estimate of drug-likeness (QED) is 0.351. The van der Waals surface area contributed by atoms with Crippen LogP contribution < -0.4 is 0 Å². The molecule has 0 aromatic carbocycles. The summed E-state index contributed by atoms with van der Waals surface area (Å²) in [4.78, 5) is 20.2. The minimum atomic E-state index is -0.373. The van der Waals surface area contributed by atoms with E-state index in [9.17, 15) is 10.1 Å². The first-order valence-corrected chi connectivity index (χ1v) is 5.65. The van der Waals surface area contributed by atoms with Gasteiger partial charge in [-0.1, -0.05) is 0 Å². The molecule has 0 amide bonds. The van der Waals surface area contributed by atoms with Crippen molar-refractivity contribution in [2.75, 3.05) is 20.6 Å². The predicted molar refractivity (Wildman–Crippen MR) is 70.4 cm³/mol. The number of rotatable bonds is 4. The highest BCUT2D eigenvalue weighted by molar-refractivity contribution is 5.82. The molecule has 0 aliphatic carbocycles. The third kappa shape index (κ3) is 4.12. The van der Waals surface area contributed by atoms with Crippen LogP contribution in [0.15, 0.2) is 17.1 Å². The van der Waals surface area contributed by atoms with Crippen molar-refractivity contribution in [1.29, 1.82) is 0 Å². The van der Waals surface area contributed by atoms with Gasteiger partial charge in [0, 0.05) is 37.0 Å². The maximum atomic E-state index is 10.5. The molecular weight excluding hydrogens is 232 g/mol. The molecule has 0 bridgehead atoms. The molecule has 0 saturated carbocycles. The summed E-state index contributed by atoms with van der Waals surface area (Å²) in [6.07, 6.45) is 0. The summed E-state index contributed by atoms with van der Waals surface area (Å²) < 4.78 is 0. The Morgan fingerprint density at radius 3 is 2.44 bits per heavy atom. The Hall–Kier alpha value is -1.98. The van der Waals surface area contributed by atoms with Gasteiger partial charge in [-0.15, -0.1) is 0 Å². The molecule has 0 saturated heterocycles. The lowest BCUT2D eigenvalue weighted by molar-refractivity contribution is -0.464. The van der Waals surface area contributed by atoms with Crippen molar-refractivity contribution in [1.82, 2.24) is 9.88 Å². The van der Waals surface area contributed by atoms with Gasteiger partial charge in [-0.25, -0.2) is 0 Å². The van der Waals surface area contributed by atoms with Crippen molar-refractivity contribution in [3.8, 4) is 0 Å². The molecule has 0 aliphatic rings. The number of nitrogens with zero attached hydrogens (tertiary/aromatic N) is 4. The van der Waals surface area contributed by atoms with Crippen molar-refractivity contribution >= 4 is 5.84 Å². The van der Waals surface area contributed by atoms with Gasteiger partial charge in [0.05, 0.1) is 0 Å². The largest absolute Gasteiger partial charge is 0.354 e. The van der Waals surface area contributed by atoms with Crippen LogP contribution in [0.25, 0.3) is 0 Å². The van der Waals surface area contributed by atoms with Crippen LogP contribution >= 0.6 is 0 Å². The molecule has 0 radical (unpaired) electrons. The molecule has 1 aromatic heterocycles. The summed E-state index contributed by atoms with van der Waals surface area (Å²) in [6, 6.07) is 3.95. The number of nitro groups is 1. The highest BCUT2D eigenvalue weighted by atomic mass is 16.6. The van der Waals surface area contributed by atoms with E-state index in [1.807, 2.05) is 26.0 Å². The summed E-state index contributed by atoms with van der Waals surface area (Å²) in [5.74, 6) is 0.465. The van der Waals surface area contributed by atoms with E-state index in [0.29, 0.717) is 12.4 Å². The Morgan fingerprint density at radius 2 is 2.00 bits per heavy atom. The zero-order valence-corrected chi connectivity index (χ0v) is 11.2. The van der Waals surface area contributed by atoms with Gasteiger partial charge < -0.3 is 4.90 Å². The molecule has 1 rings (SSSR count). The predicted octanol–water partition coefficient (Wildman–Crippen LogP) is 1.44. The normalized spacial score (nSPS) is 11.4. The van der Waals surface area contributed by atoms with E-state index in [0.717, 1.165) is 17.0 Å². The molecule has 0 unspecified atom stereocenters. The molecule has 1 aromatic rings. The summed E-state index contributed by atoms with van der Waals surface area (Å²) in [6.45, 7) is 4.20. The Bertz CT molecular complexity index is 451. The SMILES string of the molecule is CN=C(C[N+](=O)[O-])N(C)Cc1cc(C)nc(C)c1. The number of aryl methyl sites for hydroxylation is 2. The maximum absolute atomic E-state index is 10.5. The van der Waals surface area contributed by atoms with Gasteiger partial charge in [-0.05, 0) is 31.5 Å². The monoisotopic (exact) mass is 250 g/mol. The highest BCUT2D eigenvalue weighted by Gasteiger charge is 2.12. The minimum Gasteiger partial charge on any atom is -0.354 e. The number of pyridine rings is 1. The van der Waals surface area contributed by atoms with Crippen LogP contribution in [0.2, 0.25) is 0 Å². The lowest BCUT2D eigenvalue weighted by Crippen LogP contribution is -2.32. The number of aliphatic imine (C=N–C) groups is 1. The van der Waals surface area contributed by atoms with E-state index >= 15 is 0 Å². The molecule has 0 atom stereocenters. The van der Waals surface area contributed by atoms with Gasteiger partial charge in [0.25, 0.3) is 6.54 Å². The summed E-state index contributed by atoms with van der Waals surface area (Å²) in [5.41, 5.74) is 2.97. The van der Waals surface area contributed by atoms with Crippen molar-refractivity contribution in [2.24, 2.45) is 4.99 Å². The van der Waals surface area contributed by atoms with Gasteiger partial charge in [-0.2, -0.15) is 0 Å². The van der Waals surface area contributed by atoms with E-state index in [4.69, 9.17) is 0 Å². The fourth-order valence-electron chi connectivity index (χ4n) is 1.86. The molecule has 0 fully saturated rings. The van der Waals surface area contributed by atoms with Crippen LogP contribution in [-0.2, 0) is 6.54 Å². The molecule has 1 heterocycles. The van der Waals surface area contributed by atoms with Gasteiger partial charge in [-0.3, -0.25) is 20.1 Å². The van der Waals surface area contributed by atoms with Crippen molar-refractivity contribution in [2.45, 2.75) is 20.4 Å². The van der Waals surface area contributed by atoms with Crippen molar-refractivity contribution < 1.29 is 4.92 Å². The van der Waals surface area contributed by atoms with Gasteiger partial charge in [0.15, 0.2) is 5.84 Å². The second-order valence-electron chi connectivity index (χ2n) is 4.24. The first-order valence-electron chi connectivity index (χ1n) is 5.65. The Morgan fingerprint density at radius 1 is 1.44 bits per heavy atom. The fraction of sp³-hybridized carbons (Fsp3) is 0.500. The van der Waals surface area contributed by atoms with E-state index in [1.165, 1.54) is 0 Å². The summed E-state index contributed by atoms with van der Waals surface area (Å²) in [7, 11) is 3.37. The van der Waals surface area contributed by atoms with Gasteiger partial charge in [0.1, 0.15) is 0 Å². The van der Waals surface area contributed by atoms with E-state index in [-0.39, 0.29) is 11.5 Å². The molecule has 0 spiro atoms. The van der Waals surface area contributed by atoms with Crippen LogP contribution in [0.4, 0.5) is 0 Å². The Kier molecular flexibility index (Phi) is 4.76. The van der Waals surface area contributed by atoms with Crippen LogP contribution in [0, 0.1) is 24.0 Å². The van der Waals surface area contributed by atoms with Crippen LogP contribution in [0.1, 0.15) is 17.0 Å². The maximum Gasteiger partial charge on any atom is 0.260 e. The van der Waals surface area contributed by atoms with E-state index in [1.54, 1.807) is 19.0 Å². The first kappa shape index (κ1) is 14.1. The Balaban J connectivity index is 2.79.